The van der Waals surface area contributed by atoms with Crippen molar-refractivity contribution in [3.8, 4) is 0 Å². The van der Waals surface area contributed by atoms with Crippen molar-refractivity contribution in [2.75, 3.05) is 0 Å². The van der Waals surface area contributed by atoms with E-state index < -0.39 is 0 Å². The van der Waals surface area contributed by atoms with Gasteiger partial charge in [-0.15, -0.1) is 0 Å². The van der Waals surface area contributed by atoms with Gasteiger partial charge >= 0.3 is 0 Å². The average Bonchev–Trinajstić information content (AvgIpc) is 2.59. The number of fused-ring (bicyclic) bond motifs is 1. The second kappa shape index (κ2) is 2.99. The van der Waals surface area contributed by atoms with Crippen molar-refractivity contribution in [3.05, 3.63) is 29.7 Å². The van der Waals surface area contributed by atoms with E-state index in [1.807, 2.05) is 12.1 Å². The van der Waals surface area contributed by atoms with E-state index in [4.69, 9.17) is 10.2 Å². The maximum Gasteiger partial charge on any atom is 0.260 e. The molecule has 0 aliphatic rings. The van der Waals surface area contributed by atoms with Crippen LogP contribution < -0.4 is 5.73 Å². The van der Waals surface area contributed by atoms with Crippen molar-refractivity contribution < 1.29 is 9.21 Å². The number of oxazole rings is 1. The average molecular weight is 176 g/mol. The van der Waals surface area contributed by atoms with Crippen molar-refractivity contribution in [2.45, 2.75) is 6.54 Å². The summed E-state index contributed by atoms with van der Waals surface area (Å²) in [5.74, 6) is 0.0934. The number of nitrogens with two attached hydrogens (primary N) is 1. The van der Waals surface area contributed by atoms with Crippen LogP contribution in [0.5, 0.6) is 0 Å². The van der Waals surface area contributed by atoms with E-state index in [2.05, 4.69) is 4.98 Å². The summed E-state index contributed by atoms with van der Waals surface area (Å²) in [6.45, 7) is 0.380. The Morgan fingerprint density at radius 1 is 1.54 bits per heavy atom. The van der Waals surface area contributed by atoms with Gasteiger partial charge in [-0.05, 0) is 6.07 Å². The molecule has 13 heavy (non-hydrogen) atoms. The van der Waals surface area contributed by atoms with Crippen LogP contribution in [0.2, 0.25) is 0 Å². The Morgan fingerprint density at radius 2 is 2.38 bits per heavy atom. The van der Waals surface area contributed by atoms with Crippen LogP contribution in [0.15, 0.2) is 22.6 Å². The molecular formula is C9H8N2O2. The van der Waals surface area contributed by atoms with E-state index in [1.165, 1.54) is 0 Å². The van der Waals surface area contributed by atoms with Crippen molar-refractivity contribution in [1.29, 1.82) is 0 Å². The fraction of sp³-hybridized carbons (Fsp3) is 0.111. The molecule has 1 aromatic carbocycles. The molecule has 0 spiro atoms. The van der Waals surface area contributed by atoms with Crippen molar-refractivity contribution >= 4 is 17.4 Å². The van der Waals surface area contributed by atoms with Crippen LogP contribution in [0.3, 0.4) is 0 Å². The maximum atomic E-state index is 10.4. The Balaban J connectivity index is 2.74. The number of nitrogens with zero attached hydrogens (tertiary/aromatic N) is 1. The van der Waals surface area contributed by atoms with Gasteiger partial charge in [-0.1, -0.05) is 12.1 Å². The first-order valence-corrected chi connectivity index (χ1v) is 3.89. The molecule has 4 nitrogen and oxygen atoms in total. The first-order chi connectivity index (χ1) is 6.35. The van der Waals surface area contributed by atoms with Crippen molar-refractivity contribution in [1.82, 2.24) is 4.98 Å². The normalized spacial score (nSPS) is 10.5. The van der Waals surface area contributed by atoms with Gasteiger partial charge in [-0.2, -0.15) is 0 Å². The largest absolute Gasteiger partial charge is 0.434 e. The van der Waals surface area contributed by atoms with Gasteiger partial charge in [-0.25, -0.2) is 4.98 Å². The van der Waals surface area contributed by atoms with Crippen LogP contribution in [0.25, 0.3) is 11.1 Å². The summed E-state index contributed by atoms with van der Waals surface area (Å²) < 4.78 is 5.18. The molecule has 1 aromatic heterocycles. The highest BCUT2D eigenvalue weighted by molar-refractivity contribution is 5.81. The molecule has 0 radical (unpaired) electrons. The Morgan fingerprint density at radius 3 is 3.08 bits per heavy atom. The molecule has 0 atom stereocenters. The lowest BCUT2D eigenvalue weighted by atomic mass is 10.2. The van der Waals surface area contributed by atoms with E-state index in [9.17, 15) is 4.79 Å². The number of para-hydroxylation sites is 1. The van der Waals surface area contributed by atoms with Crippen LogP contribution in [0.1, 0.15) is 16.2 Å². The molecule has 0 fully saturated rings. The summed E-state index contributed by atoms with van der Waals surface area (Å²) >= 11 is 0. The van der Waals surface area contributed by atoms with E-state index in [-0.39, 0.29) is 5.89 Å². The van der Waals surface area contributed by atoms with Gasteiger partial charge in [-0.3, -0.25) is 4.79 Å². The standard InChI is InChI=1S/C9H8N2O2/c10-4-6-2-1-3-7-9(6)13-8(5-12)11-7/h1-3,5H,4,10H2. The molecule has 1 heterocycles. The van der Waals surface area contributed by atoms with E-state index in [0.29, 0.717) is 23.9 Å². The first kappa shape index (κ1) is 7.94. The minimum Gasteiger partial charge on any atom is -0.434 e. The van der Waals surface area contributed by atoms with Gasteiger partial charge in [0.2, 0.25) is 6.29 Å². The number of carbonyl (C=O) groups excluding carboxylic acids is 1. The van der Waals surface area contributed by atoms with E-state index >= 15 is 0 Å². The molecule has 0 saturated heterocycles. The summed E-state index contributed by atoms with van der Waals surface area (Å²) in [5, 5.41) is 0. The number of hydrogen-bond donors (Lipinski definition) is 1. The van der Waals surface area contributed by atoms with E-state index in [0.717, 1.165) is 5.56 Å². The van der Waals surface area contributed by atoms with Crippen LogP contribution in [-0.4, -0.2) is 11.3 Å². The topological polar surface area (TPSA) is 69.1 Å². The quantitative estimate of drug-likeness (QED) is 0.695. The third-order valence-electron chi connectivity index (χ3n) is 1.83. The van der Waals surface area contributed by atoms with Crippen molar-refractivity contribution in [2.24, 2.45) is 5.73 Å². The second-order valence-corrected chi connectivity index (χ2v) is 2.64. The molecule has 2 N–H and O–H groups in total. The lowest BCUT2D eigenvalue weighted by molar-refractivity contribution is 0.109. The molecule has 0 bridgehead atoms. The van der Waals surface area contributed by atoms with Gasteiger partial charge in [0.25, 0.3) is 5.89 Å². The Kier molecular flexibility index (Phi) is 1.83. The molecule has 2 aromatic rings. The highest BCUT2D eigenvalue weighted by atomic mass is 16.4. The van der Waals surface area contributed by atoms with Gasteiger partial charge < -0.3 is 10.2 Å². The first-order valence-electron chi connectivity index (χ1n) is 3.89. The number of aromatic nitrogens is 1. The molecule has 0 saturated carbocycles. The molecule has 0 unspecified atom stereocenters. The Labute approximate surface area is 74.4 Å². The Hall–Kier alpha value is -1.68. The lowest BCUT2D eigenvalue weighted by Crippen LogP contribution is -1.95. The smallest absolute Gasteiger partial charge is 0.260 e. The zero-order chi connectivity index (χ0) is 9.26. The minimum atomic E-state index is 0.0934. The predicted molar refractivity (Wildman–Crippen MR) is 47.3 cm³/mol. The lowest BCUT2D eigenvalue weighted by Gasteiger charge is -1.94. The van der Waals surface area contributed by atoms with Gasteiger partial charge in [0.15, 0.2) is 5.58 Å². The molecule has 0 amide bonds. The molecule has 0 aliphatic heterocycles. The predicted octanol–water partition coefficient (Wildman–Crippen LogP) is 1.10. The molecule has 2 rings (SSSR count). The Bertz CT molecular complexity index is 448. The van der Waals surface area contributed by atoms with Gasteiger partial charge in [0.05, 0.1) is 0 Å². The number of aldehydes is 1. The summed E-state index contributed by atoms with van der Waals surface area (Å²) in [6, 6.07) is 5.47. The molecule has 4 heteroatoms. The number of rotatable bonds is 2. The monoisotopic (exact) mass is 176 g/mol. The molecular weight excluding hydrogens is 168 g/mol. The number of benzene rings is 1. The molecule has 0 aliphatic carbocycles. The van der Waals surface area contributed by atoms with Gasteiger partial charge in [0, 0.05) is 12.1 Å². The van der Waals surface area contributed by atoms with Crippen LogP contribution in [0, 0.1) is 0 Å². The van der Waals surface area contributed by atoms with Crippen LogP contribution in [0.4, 0.5) is 0 Å². The van der Waals surface area contributed by atoms with E-state index in [1.54, 1.807) is 6.07 Å². The van der Waals surface area contributed by atoms with Gasteiger partial charge in [0.1, 0.15) is 5.52 Å². The summed E-state index contributed by atoms with van der Waals surface area (Å²) in [6.07, 6.45) is 0.584. The summed E-state index contributed by atoms with van der Waals surface area (Å²) in [5.41, 5.74) is 7.63. The second-order valence-electron chi connectivity index (χ2n) is 2.64. The zero-order valence-corrected chi connectivity index (χ0v) is 6.86. The highest BCUT2D eigenvalue weighted by Gasteiger charge is 2.07. The summed E-state index contributed by atoms with van der Waals surface area (Å²) in [7, 11) is 0. The minimum absolute atomic E-state index is 0.0934. The highest BCUT2D eigenvalue weighted by Crippen LogP contribution is 2.18. The SMILES string of the molecule is NCc1cccc2nc(C=O)oc12. The fourth-order valence-corrected chi connectivity index (χ4v) is 1.23. The third kappa shape index (κ3) is 1.21. The third-order valence-corrected chi connectivity index (χ3v) is 1.83. The van der Waals surface area contributed by atoms with Crippen LogP contribution >= 0.6 is 0 Å². The molecule has 66 valence electrons. The summed E-state index contributed by atoms with van der Waals surface area (Å²) in [4.78, 5) is 14.3. The van der Waals surface area contributed by atoms with Crippen molar-refractivity contribution in [3.63, 3.8) is 0 Å². The maximum absolute atomic E-state index is 10.4. The zero-order valence-electron chi connectivity index (χ0n) is 6.86. The number of hydrogen-bond acceptors (Lipinski definition) is 4. The van der Waals surface area contributed by atoms with Crippen LogP contribution in [-0.2, 0) is 6.54 Å². The fourth-order valence-electron chi connectivity index (χ4n) is 1.23. The number of carbonyl (C=O) groups is 1.